The standard InChI is InChI=1S/C19H18N2O2/c1-10-6-17(22)20-16-8-13(4-5-14(10)16)21-9-15-11-2-3-12(7-11)18(15)19(21)23/h2-6,8,11-12,15,18H,7,9H2,1H3,(H,20,22)/t11-,12+,15-,18+/m0/s1. The zero-order chi connectivity index (χ0) is 15.7. The van der Waals surface area contributed by atoms with E-state index in [1.807, 2.05) is 30.0 Å². The predicted octanol–water partition coefficient (Wildman–Crippen LogP) is 2.62. The van der Waals surface area contributed by atoms with E-state index in [4.69, 9.17) is 0 Å². The Bertz CT molecular complexity index is 927. The Morgan fingerprint density at radius 2 is 1.96 bits per heavy atom. The van der Waals surface area contributed by atoms with Crippen LogP contribution in [-0.2, 0) is 4.79 Å². The van der Waals surface area contributed by atoms with Crippen molar-refractivity contribution in [2.75, 3.05) is 11.4 Å². The Hall–Kier alpha value is -2.36. The lowest BCUT2D eigenvalue weighted by atomic mass is 9.86. The third-order valence-corrected chi connectivity index (χ3v) is 5.91. The van der Waals surface area contributed by atoms with Crippen molar-refractivity contribution in [1.82, 2.24) is 4.98 Å². The van der Waals surface area contributed by atoms with Crippen LogP contribution in [-0.4, -0.2) is 17.4 Å². The minimum atomic E-state index is -0.0981. The number of carbonyl (C=O) groups is 1. The first-order chi connectivity index (χ1) is 11.1. The molecule has 1 N–H and O–H groups in total. The molecule has 2 heterocycles. The molecular weight excluding hydrogens is 288 g/mol. The van der Waals surface area contributed by atoms with Crippen molar-refractivity contribution in [3.8, 4) is 0 Å². The number of rotatable bonds is 1. The summed E-state index contributed by atoms with van der Waals surface area (Å²) in [6.07, 6.45) is 5.68. The lowest BCUT2D eigenvalue weighted by Crippen LogP contribution is -2.29. The van der Waals surface area contributed by atoms with E-state index in [0.29, 0.717) is 17.8 Å². The highest BCUT2D eigenvalue weighted by Gasteiger charge is 2.54. The number of aryl methyl sites for hydroxylation is 1. The number of allylic oxidation sites excluding steroid dienone is 2. The lowest BCUT2D eigenvalue weighted by Gasteiger charge is -2.19. The molecule has 0 radical (unpaired) electrons. The van der Waals surface area contributed by atoms with Gasteiger partial charge in [-0.2, -0.15) is 0 Å². The number of anilines is 1. The number of H-pyrrole nitrogens is 1. The van der Waals surface area contributed by atoms with Crippen LogP contribution in [0.25, 0.3) is 10.9 Å². The van der Waals surface area contributed by atoms with Gasteiger partial charge in [-0.3, -0.25) is 9.59 Å². The van der Waals surface area contributed by atoms with Crippen molar-refractivity contribution < 1.29 is 4.79 Å². The Labute approximate surface area is 133 Å². The van der Waals surface area contributed by atoms with Gasteiger partial charge in [0, 0.05) is 29.6 Å². The summed E-state index contributed by atoms with van der Waals surface area (Å²) in [7, 11) is 0. The molecule has 1 saturated heterocycles. The van der Waals surface area contributed by atoms with Crippen LogP contribution in [0.5, 0.6) is 0 Å². The summed E-state index contributed by atoms with van der Waals surface area (Å²) in [5.41, 5.74) is 2.57. The second-order valence-corrected chi connectivity index (χ2v) is 7.13. The fourth-order valence-electron chi connectivity index (χ4n) is 4.84. The highest BCUT2D eigenvalue weighted by molar-refractivity contribution is 6.00. The smallest absolute Gasteiger partial charge is 0.248 e. The first kappa shape index (κ1) is 13.1. The van der Waals surface area contributed by atoms with Crippen LogP contribution in [0.4, 0.5) is 5.69 Å². The third-order valence-electron chi connectivity index (χ3n) is 5.91. The summed E-state index contributed by atoms with van der Waals surface area (Å²) >= 11 is 0. The fourth-order valence-corrected chi connectivity index (χ4v) is 4.84. The molecule has 1 saturated carbocycles. The molecule has 4 nitrogen and oxygen atoms in total. The highest BCUT2D eigenvalue weighted by Crippen LogP contribution is 2.52. The number of pyridine rings is 1. The van der Waals surface area contributed by atoms with Crippen LogP contribution in [0.3, 0.4) is 0 Å². The number of aromatic amines is 1. The van der Waals surface area contributed by atoms with Gasteiger partial charge in [0.05, 0.1) is 5.52 Å². The van der Waals surface area contributed by atoms with Crippen LogP contribution in [0.1, 0.15) is 12.0 Å². The second-order valence-electron chi connectivity index (χ2n) is 7.13. The average Bonchev–Trinajstić information content (AvgIpc) is 3.19. The Balaban J connectivity index is 1.57. The van der Waals surface area contributed by atoms with Crippen molar-refractivity contribution in [3.05, 3.63) is 52.3 Å². The predicted molar refractivity (Wildman–Crippen MR) is 89.4 cm³/mol. The summed E-state index contributed by atoms with van der Waals surface area (Å²) in [5.74, 6) is 1.88. The number of nitrogens with one attached hydrogen (secondary N) is 1. The molecule has 1 aliphatic heterocycles. The molecule has 4 atom stereocenters. The first-order valence-corrected chi connectivity index (χ1v) is 8.25. The van der Waals surface area contributed by atoms with Crippen LogP contribution < -0.4 is 10.5 Å². The van der Waals surface area contributed by atoms with Crippen molar-refractivity contribution in [2.45, 2.75) is 13.3 Å². The molecule has 4 heteroatoms. The van der Waals surface area contributed by atoms with Crippen LogP contribution in [0.15, 0.2) is 41.2 Å². The molecule has 116 valence electrons. The Morgan fingerprint density at radius 3 is 2.78 bits per heavy atom. The van der Waals surface area contributed by atoms with Gasteiger partial charge < -0.3 is 9.88 Å². The molecule has 5 rings (SSSR count). The average molecular weight is 306 g/mol. The maximum absolute atomic E-state index is 12.9. The van der Waals surface area contributed by atoms with Gasteiger partial charge in [0.2, 0.25) is 11.5 Å². The third kappa shape index (κ3) is 1.72. The molecule has 2 bridgehead atoms. The summed E-state index contributed by atoms with van der Waals surface area (Å²) in [6, 6.07) is 7.56. The largest absolute Gasteiger partial charge is 0.322 e. The van der Waals surface area contributed by atoms with E-state index in [2.05, 4.69) is 17.1 Å². The van der Waals surface area contributed by atoms with Crippen LogP contribution in [0.2, 0.25) is 0 Å². The van der Waals surface area contributed by atoms with Gasteiger partial charge in [-0.05, 0) is 48.8 Å². The van der Waals surface area contributed by atoms with E-state index in [-0.39, 0.29) is 17.4 Å². The topological polar surface area (TPSA) is 53.2 Å². The normalized spacial score (nSPS) is 31.3. The van der Waals surface area contributed by atoms with E-state index in [0.717, 1.165) is 35.1 Å². The number of hydrogen-bond acceptors (Lipinski definition) is 2. The Morgan fingerprint density at radius 1 is 1.13 bits per heavy atom. The Kier molecular flexibility index (Phi) is 2.48. The number of nitrogens with zero attached hydrogens (tertiary/aromatic N) is 1. The van der Waals surface area contributed by atoms with Crippen LogP contribution >= 0.6 is 0 Å². The minimum Gasteiger partial charge on any atom is -0.322 e. The van der Waals surface area contributed by atoms with Crippen molar-refractivity contribution in [3.63, 3.8) is 0 Å². The number of amides is 1. The maximum Gasteiger partial charge on any atom is 0.248 e. The molecule has 23 heavy (non-hydrogen) atoms. The van der Waals surface area contributed by atoms with E-state index < -0.39 is 0 Å². The molecule has 1 aromatic carbocycles. The van der Waals surface area contributed by atoms with Gasteiger partial charge in [0.15, 0.2) is 0 Å². The molecule has 0 spiro atoms. The first-order valence-electron chi connectivity index (χ1n) is 8.25. The molecule has 2 aliphatic carbocycles. The SMILES string of the molecule is Cc1cc(=O)[nH]c2cc(N3C[C@@H]4[C@H](C3=O)[C@@H]3C=C[C@H]4C3)ccc12. The number of fused-ring (bicyclic) bond motifs is 6. The monoisotopic (exact) mass is 306 g/mol. The van der Waals surface area contributed by atoms with Gasteiger partial charge in [0.25, 0.3) is 0 Å². The van der Waals surface area contributed by atoms with Gasteiger partial charge >= 0.3 is 0 Å². The van der Waals surface area contributed by atoms with Gasteiger partial charge in [-0.25, -0.2) is 0 Å². The van der Waals surface area contributed by atoms with E-state index >= 15 is 0 Å². The summed E-state index contributed by atoms with van der Waals surface area (Å²) in [4.78, 5) is 29.4. The van der Waals surface area contributed by atoms with Crippen molar-refractivity contribution in [2.24, 2.45) is 23.7 Å². The zero-order valence-corrected chi connectivity index (χ0v) is 13.0. The fraction of sp³-hybridized carbons (Fsp3) is 0.368. The van der Waals surface area contributed by atoms with Gasteiger partial charge in [-0.15, -0.1) is 0 Å². The van der Waals surface area contributed by atoms with Crippen molar-refractivity contribution in [1.29, 1.82) is 0 Å². The number of hydrogen-bond donors (Lipinski definition) is 1. The molecule has 2 aromatic rings. The molecule has 2 fully saturated rings. The summed E-state index contributed by atoms with van der Waals surface area (Å²) in [5, 5.41) is 1.03. The van der Waals surface area contributed by atoms with E-state index in [9.17, 15) is 9.59 Å². The molecule has 0 unspecified atom stereocenters. The van der Waals surface area contributed by atoms with Gasteiger partial charge in [0.1, 0.15) is 0 Å². The summed E-state index contributed by atoms with van der Waals surface area (Å²) in [6.45, 7) is 2.74. The van der Waals surface area contributed by atoms with Crippen LogP contribution in [0, 0.1) is 30.6 Å². The number of carbonyl (C=O) groups excluding carboxylic acids is 1. The molecule has 1 amide bonds. The van der Waals surface area contributed by atoms with Crippen molar-refractivity contribution >= 4 is 22.5 Å². The van der Waals surface area contributed by atoms with Gasteiger partial charge in [-0.1, -0.05) is 18.2 Å². The second kappa shape index (κ2) is 4.34. The molecule has 1 aromatic heterocycles. The summed E-state index contributed by atoms with van der Waals surface area (Å²) < 4.78 is 0. The minimum absolute atomic E-state index is 0.0981. The number of aromatic nitrogens is 1. The molecule has 3 aliphatic rings. The zero-order valence-electron chi connectivity index (χ0n) is 13.0. The lowest BCUT2D eigenvalue weighted by molar-refractivity contribution is -0.121. The highest BCUT2D eigenvalue weighted by atomic mass is 16.2. The maximum atomic E-state index is 12.9. The number of benzene rings is 1. The quantitative estimate of drug-likeness (QED) is 0.823. The van der Waals surface area contributed by atoms with E-state index in [1.54, 1.807) is 6.07 Å². The van der Waals surface area contributed by atoms with E-state index in [1.165, 1.54) is 0 Å². The molecular formula is C19H18N2O2.